The molecule has 3 aromatic rings. The first-order valence-electron chi connectivity index (χ1n) is 13.9. The molecule has 1 heterocycles. The fourth-order valence-corrected chi connectivity index (χ4v) is 8.37. The van der Waals surface area contributed by atoms with Gasteiger partial charge in [0.1, 0.15) is 4.90 Å². The maximum absolute atomic E-state index is 13.6. The number of rotatable bonds is 8. The number of benzene rings is 3. The molecule has 43 heavy (non-hydrogen) atoms. The second-order valence-corrected chi connectivity index (χ2v) is 14.3. The summed E-state index contributed by atoms with van der Waals surface area (Å²) >= 11 is 0. The zero-order valence-corrected chi connectivity index (χ0v) is 27.2. The molecule has 1 aliphatic heterocycles. The van der Waals surface area contributed by atoms with E-state index in [9.17, 15) is 21.6 Å². The zero-order chi connectivity index (χ0) is 31.7. The third kappa shape index (κ3) is 6.79. The lowest BCUT2D eigenvalue weighted by Gasteiger charge is -2.34. The van der Waals surface area contributed by atoms with Gasteiger partial charge in [0, 0.05) is 32.3 Å². The van der Waals surface area contributed by atoms with E-state index in [1.807, 2.05) is 39.8 Å². The highest BCUT2D eigenvalue weighted by atomic mass is 32.2. The summed E-state index contributed by atoms with van der Waals surface area (Å²) in [5.41, 5.74) is 5.32. The highest BCUT2D eigenvalue weighted by Gasteiger charge is 2.32. The third-order valence-corrected chi connectivity index (χ3v) is 11.4. The molecule has 3 aromatic carbocycles. The van der Waals surface area contributed by atoms with Gasteiger partial charge in [-0.15, -0.1) is 0 Å². The summed E-state index contributed by atoms with van der Waals surface area (Å²) in [5.74, 6) is -0.0367. The molecule has 0 aromatic heterocycles. The first-order valence-corrected chi connectivity index (χ1v) is 16.7. The summed E-state index contributed by atoms with van der Waals surface area (Å²) in [4.78, 5) is 15.0. The molecule has 0 bridgehead atoms. The van der Waals surface area contributed by atoms with Crippen molar-refractivity contribution in [3.05, 3.63) is 87.5 Å². The number of sulfonamides is 1. The van der Waals surface area contributed by atoms with Gasteiger partial charge in [0.2, 0.25) is 15.9 Å². The second-order valence-electron chi connectivity index (χ2n) is 10.9. The van der Waals surface area contributed by atoms with E-state index in [0.29, 0.717) is 16.0 Å². The van der Waals surface area contributed by atoms with Gasteiger partial charge >= 0.3 is 10.1 Å². The summed E-state index contributed by atoms with van der Waals surface area (Å²) in [6.07, 6.45) is 3.00. The molecule has 4 rings (SSSR count). The fourth-order valence-electron chi connectivity index (χ4n) is 5.11. The topological polar surface area (TPSA) is 110 Å². The van der Waals surface area contributed by atoms with Crippen molar-refractivity contribution >= 4 is 32.1 Å². The standard InChI is InChI=1S/C32H38N2O7S2/c1-21-8-9-22(2)30(18-21)43(38,39)41-28-12-10-27(20-29(28)40-7)11-13-31(35)33-14-16-34(17-15-33)42(36,37)32-25(5)23(3)19-24(4)26(32)6/h8-13,18-20H,14-17H2,1-7H3/b13-11-. The van der Waals surface area contributed by atoms with Crippen molar-refractivity contribution in [2.45, 2.75) is 51.3 Å². The Bertz CT molecular complexity index is 1780. The lowest BCUT2D eigenvalue weighted by Crippen LogP contribution is -2.50. The molecule has 1 saturated heterocycles. The smallest absolute Gasteiger partial charge is 0.339 e. The third-order valence-electron chi connectivity index (χ3n) is 7.86. The van der Waals surface area contributed by atoms with E-state index >= 15 is 0 Å². The van der Waals surface area contributed by atoms with Crippen molar-refractivity contribution in [3.63, 3.8) is 0 Å². The molecule has 0 unspecified atom stereocenters. The van der Waals surface area contributed by atoms with Gasteiger partial charge in [-0.05, 0) is 105 Å². The Balaban J connectivity index is 1.44. The summed E-state index contributed by atoms with van der Waals surface area (Å²) in [6.45, 7) is 11.9. The fraction of sp³-hybridized carbons (Fsp3) is 0.344. The predicted octanol–water partition coefficient (Wildman–Crippen LogP) is 4.86. The first-order chi connectivity index (χ1) is 20.1. The molecule has 0 N–H and O–H groups in total. The van der Waals surface area contributed by atoms with E-state index in [1.165, 1.54) is 23.6 Å². The summed E-state index contributed by atoms with van der Waals surface area (Å²) in [6, 6.07) is 11.8. The molecule has 1 fully saturated rings. The highest BCUT2D eigenvalue weighted by molar-refractivity contribution is 7.89. The maximum atomic E-state index is 13.6. The number of methoxy groups -OCH3 is 1. The summed E-state index contributed by atoms with van der Waals surface area (Å²) in [5, 5.41) is 0. The van der Waals surface area contributed by atoms with E-state index in [0.717, 1.165) is 27.8 Å². The Kier molecular flexibility index (Phi) is 9.39. The molecule has 1 amide bonds. The molecular weight excluding hydrogens is 588 g/mol. The van der Waals surface area contributed by atoms with E-state index in [2.05, 4.69) is 0 Å². The van der Waals surface area contributed by atoms with Crippen LogP contribution in [0.3, 0.4) is 0 Å². The first kappa shape index (κ1) is 32.2. The SMILES string of the molecule is COc1cc(/C=C\C(=O)N2CCN(S(=O)(=O)c3c(C)c(C)cc(C)c3C)CC2)ccc1OS(=O)(=O)c1cc(C)ccc1C. The molecule has 0 radical (unpaired) electrons. The van der Waals surface area contributed by atoms with Gasteiger partial charge in [-0.3, -0.25) is 4.79 Å². The van der Waals surface area contributed by atoms with Crippen LogP contribution in [0.25, 0.3) is 6.08 Å². The number of hydrogen-bond donors (Lipinski definition) is 0. The normalized spacial score (nSPS) is 14.7. The average Bonchev–Trinajstić information content (AvgIpc) is 2.96. The number of carbonyl (C=O) groups excluding carboxylic acids is 1. The van der Waals surface area contributed by atoms with Gasteiger partial charge in [0.15, 0.2) is 11.5 Å². The summed E-state index contributed by atoms with van der Waals surface area (Å²) in [7, 11) is -6.41. The van der Waals surface area contributed by atoms with E-state index in [-0.39, 0.29) is 48.5 Å². The van der Waals surface area contributed by atoms with Gasteiger partial charge in [-0.2, -0.15) is 12.7 Å². The second kappa shape index (κ2) is 12.5. The van der Waals surface area contributed by atoms with Crippen LogP contribution in [0.15, 0.2) is 58.3 Å². The Morgan fingerprint density at radius 2 is 1.40 bits per heavy atom. The van der Waals surface area contributed by atoms with E-state index in [4.69, 9.17) is 8.92 Å². The number of hydrogen-bond acceptors (Lipinski definition) is 7. The number of piperazine rings is 1. The quantitative estimate of drug-likeness (QED) is 0.260. The predicted molar refractivity (Wildman–Crippen MR) is 166 cm³/mol. The van der Waals surface area contributed by atoms with Gasteiger partial charge in [0.25, 0.3) is 0 Å². The van der Waals surface area contributed by atoms with Crippen molar-refractivity contribution in [3.8, 4) is 11.5 Å². The van der Waals surface area contributed by atoms with Gasteiger partial charge in [-0.25, -0.2) is 8.42 Å². The number of ether oxygens (including phenoxy) is 1. The molecule has 230 valence electrons. The van der Waals surface area contributed by atoms with Crippen LogP contribution in [0.2, 0.25) is 0 Å². The largest absolute Gasteiger partial charge is 0.493 e. The molecule has 0 spiro atoms. The van der Waals surface area contributed by atoms with Gasteiger partial charge < -0.3 is 13.8 Å². The van der Waals surface area contributed by atoms with Crippen molar-refractivity contribution in [1.29, 1.82) is 0 Å². The summed E-state index contributed by atoms with van der Waals surface area (Å²) < 4.78 is 65.3. The van der Waals surface area contributed by atoms with Gasteiger partial charge in [-0.1, -0.05) is 24.3 Å². The van der Waals surface area contributed by atoms with Crippen LogP contribution < -0.4 is 8.92 Å². The van der Waals surface area contributed by atoms with E-state index in [1.54, 1.807) is 49.1 Å². The molecule has 9 nitrogen and oxygen atoms in total. The molecule has 11 heteroatoms. The number of nitrogens with zero attached hydrogens (tertiary/aromatic N) is 2. The van der Waals surface area contributed by atoms with Crippen molar-refractivity contribution in [2.24, 2.45) is 0 Å². The lowest BCUT2D eigenvalue weighted by molar-refractivity contribution is -0.127. The van der Waals surface area contributed by atoms with Crippen LogP contribution in [-0.2, 0) is 24.9 Å². The Labute approximate surface area is 254 Å². The molecule has 1 aliphatic rings. The molecular formula is C32H38N2O7S2. The zero-order valence-electron chi connectivity index (χ0n) is 25.6. The van der Waals surface area contributed by atoms with Crippen LogP contribution in [0.1, 0.15) is 38.9 Å². The Hall–Kier alpha value is -3.67. The number of amides is 1. The molecule has 0 atom stereocenters. The van der Waals surface area contributed by atoms with Crippen molar-refractivity contribution < 1.29 is 30.6 Å². The van der Waals surface area contributed by atoms with Crippen LogP contribution in [0.5, 0.6) is 11.5 Å². The van der Waals surface area contributed by atoms with Crippen LogP contribution in [-0.4, -0.2) is 65.2 Å². The maximum Gasteiger partial charge on any atom is 0.339 e. The highest BCUT2D eigenvalue weighted by Crippen LogP contribution is 2.32. The van der Waals surface area contributed by atoms with Gasteiger partial charge in [0.05, 0.1) is 12.0 Å². The minimum atomic E-state index is -4.10. The Morgan fingerprint density at radius 3 is 2.00 bits per heavy atom. The average molecular weight is 627 g/mol. The lowest BCUT2D eigenvalue weighted by atomic mass is 10.0. The van der Waals surface area contributed by atoms with Crippen LogP contribution in [0.4, 0.5) is 0 Å². The van der Waals surface area contributed by atoms with Crippen LogP contribution >= 0.6 is 0 Å². The monoisotopic (exact) mass is 626 g/mol. The minimum Gasteiger partial charge on any atom is -0.493 e. The molecule has 0 aliphatic carbocycles. The van der Waals surface area contributed by atoms with Crippen molar-refractivity contribution in [1.82, 2.24) is 9.21 Å². The number of carbonyl (C=O) groups is 1. The van der Waals surface area contributed by atoms with Crippen LogP contribution in [0, 0.1) is 41.5 Å². The number of aryl methyl sites for hydroxylation is 4. The Morgan fingerprint density at radius 1 is 0.767 bits per heavy atom. The molecule has 0 saturated carbocycles. The minimum absolute atomic E-state index is 0.0264. The van der Waals surface area contributed by atoms with Crippen molar-refractivity contribution in [2.75, 3.05) is 33.3 Å². The van der Waals surface area contributed by atoms with E-state index < -0.39 is 20.1 Å².